The summed E-state index contributed by atoms with van der Waals surface area (Å²) < 4.78 is 0. The molecule has 0 aromatic carbocycles. The van der Waals surface area contributed by atoms with Gasteiger partial charge < -0.3 is 20.4 Å². The van der Waals surface area contributed by atoms with Crippen molar-refractivity contribution < 1.29 is 4.79 Å². The molecule has 2 aromatic heterocycles. The van der Waals surface area contributed by atoms with Crippen LogP contribution in [-0.4, -0.2) is 80.6 Å². The highest BCUT2D eigenvalue weighted by Gasteiger charge is 2.35. The van der Waals surface area contributed by atoms with Gasteiger partial charge in [-0.3, -0.25) is 9.78 Å². The summed E-state index contributed by atoms with van der Waals surface area (Å²) in [5, 5.41) is 6.53. The predicted octanol–water partition coefficient (Wildman–Crippen LogP) is -0.0870. The quantitative estimate of drug-likeness (QED) is 0.695. The summed E-state index contributed by atoms with van der Waals surface area (Å²) in [6, 6.07) is 9.89. The van der Waals surface area contributed by atoms with E-state index in [0.29, 0.717) is 11.7 Å². The van der Waals surface area contributed by atoms with E-state index in [1.807, 2.05) is 12.1 Å². The van der Waals surface area contributed by atoms with Gasteiger partial charge in [-0.15, -0.1) is 0 Å². The number of piperidine rings is 1. The topological polar surface area (TPSA) is 73.4 Å². The second-order valence-electron chi connectivity index (χ2n) is 8.80. The number of aromatic nitrogens is 2. The average molecular weight is 404 g/mol. The molecule has 0 atom stereocenters. The summed E-state index contributed by atoms with van der Waals surface area (Å²) >= 11 is 0. The van der Waals surface area contributed by atoms with Gasteiger partial charge in [-0.1, -0.05) is 6.07 Å². The zero-order valence-corrected chi connectivity index (χ0v) is 18.0. The molecule has 2 fully saturated rings. The van der Waals surface area contributed by atoms with Gasteiger partial charge in [0.15, 0.2) is 0 Å². The summed E-state index contributed by atoms with van der Waals surface area (Å²) in [5.41, 5.74) is 1.15. The molecule has 0 aliphatic carbocycles. The Morgan fingerprint density at radius 2 is 1.87 bits per heavy atom. The molecule has 0 bridgehead atoms. The van der Waals surface area contributed by atoms with Gasteiger partial charge in [0.2, 0.25) is 0 Å². The fourth-order valence-corrected chi connectivity index (χ4v) is 4.58. The number of carbonyl (C=O) groups excluding carboxylic acids is 1. The van der Waals surface area contributed by atoms with Crippen LogP contribution in [0.5, 0.6) is 0 Å². The predicted molar refractivity (Wildman–Crippen MR) is 126 cm³/mol. The summed E-state index contributed by atoms with van der Waals surface area (Å²) in [7, 11) is 4.73. The molecule has 2 saturated heterocycles. The first-order valence-electron chi connectivity index (χ1n) is 10.9. The first-order chi connectivity index (χ1) is 14.5. The SMILES string of the molecule is BC1(B)CCN(c2cccc(C(=O)Nc3ccncc3)n2)CCN1C1CCNCC1. The zero-order valence-electron chi connectivity index (χ0n) is 18.0. The Kier molecular flexibility index (Phi) is 6.39. The van der Waals surface area contributed by atoms with Crippen molar-refractivity contribution in [3.8, 4) is 0 Å². The maximum Gasteiger partial charge on any atom is 0.274 e. The Bertz CT molecular complexity index is 860. The summed E-state index contributed by atoms with van der Waals surface area (Å²) in [6.45, 7) is 5.10. The third-order valence-corrected chi connectivity index (χ3v) is 6.36. The van der Waals surface area contributed by atoms with Gasteiger partial charge >= 0.3 is 0 Å². The first-order valence-corrected chi connectivity index (χ1v) is 10.9. The first kappa shape index (κ1) is 20.9. The van der Waals surface area contributed by atoms with Crippen molar-refractivity contribution >= 4 is 33.1 Å². The van der Waals surface area contributed by atoms with Crippen LogP contribution in [0.25, 0.3) is 0 Å². The summed E-state index contributed by atoms with van der Waals surface area (Å²) in [6.07, 6.45) is 6.82. The van der Waals surface area contributed by atoms with Crippen molar-refractivity contribution in [3.63, 3.8) is 0 Å². The Morgan fingerprint density at radius 1 is 1.10 bits per heavy atom. The van der Waals surface area contributed by atoms with E-state index in [0.717, 1.165) is 50.6 Å². The fourth-order valence-electron chi connectivity index (χ4n) is 4.58. The van der Waals surface area contributed by atoms with Crippen molar-refractivity contribution in [2.45, 2.75) is 30.6 Å². The van der Waals surface area contributed by atoms with Gasteiger partial charge in [0.25, 0.3) is 5.91 Å². The lowest BCUT2D eigenvalue weighted by molar-refractivity contribution is 0.102. The van der Waals surface area contributed by atoms with E-state index in [-0.39, 0.29) is 11.2 Å². The maximum atomic E-state index is 12.7. The molecule has 2 N–H and O–H groups in total. The van der Waals surface area contributed by atoms with Crippen molar-refractivity contribution in [3.05, 3.63) is 48.4 Å². The molecule has 1 amide bonds. The Morgan fingerprint density at radius 3 is 2.63 bits per heavy atom. The monoisotopic (exact) mass is 404 g/mol. The molecule has 0 spiro atoms. The smallest absolute Gasteiger partial charge is 0.274 e. The van der Waals surface area contributed by atoms with Crippen LogP contribution in [0.4, 0.5) is 11.5 Å². The molecule has 2 aliphatic heterocycles. The molecule has 0 saturated carbocycles. The molecule has 4 heterocycles. The number of rotatable bonds is 4. The number of hydrogen-bond acceptors (Lipinski definition) is 6. The van der Waals surface area contributed by atoms with Crippen LogP contribution < -0.4 is 15.5 Å². The minimum Gasteiger partial charge on any atom is -0.355 e. The van der Waals surface area contributed by atoms with Gasteiger partial charge in [0.1, 0.15) is 27.2 Å². The largest absolute Gasteiger partial charge is 0.355 e. The molecule has 7 nitrogen and oxygen atoms in total. The lowest BCUT2D eigenvalue weighted by Gasteiger charge is -2.44. The second kappa shape index (κ2) is 9.18. The fraction of sp³-hybridized carbons (Fsp3) is 0.476. The average Bonchev–Trinajstić information content (AvgIpc) is 2.93. The highest BCUT2D eigenvalue weighted by atomic mass is 16.1. The molecule has 30 heavy (non-hydrogen) atoms. The van der Waals surface area contributed by atoms with E-state index in [1.54, 1.807) is 30.6 Å². The van der Waals surface area contributed by atoms with Crippen molar-refractivity contribution in [2.75, 3.05) is 42.9 Å². The van der Waals surface area contributed by atoms with E-state index in [4.69, 9.17) is 0 Å². The Balaban J connectivity index is 1.46. The van der Waals surface area contributed by atoms with Gasteiger partial charge in [-0.05, 0) is 62.0 Å². The van der Waals surface area contributed by atoms with Gasteiger partial charge in [-0.2, -0.15) is 0 Å². The molecule has 4 rings (SSSR count). The van der Waals surface area contributed by atoms with Gasteiger partial charge in [-0.25, -0.2) is 4.98 Å². The Labute approximate surface area is 180 Å². The van der Waals surface area contributed by atoms with Crippen LogP contribution in [0.15, 0.2) is 42.7 Å². The van der Waals surface area contributed by atoms with E-state index in [1.165, 1.54) is 12.8 Å². The minimum atomic E-state index is -0.200. The zero-order chi connectivity index (χ0) is 21.0. The van der Waals surface area contributed by atoms with Crippen LogP contribution in [-0.2, 0) is 0 Å². The summed E-state index contributed by atoms with van der Waals surface area (Å²) in [4.78, 5) is 26.3. The number of nitrogens with one attached hydrogen (secondary N) is 2. The highest BCUT2D eigenvalue weighted by molar-refractivity contribution is 6.40. The van der Waals surface area contributed by atoms with Crippen molar-refractivity contribution in [2.24, 2.45) is 0 Å². The number of pyridine rings is 2. The molecule has 9 heteroatoms. The molecule has 2 aromatic rings. The van der Waals surface area contributed by atoms with Crippen LogP contribution in [0, 0.1) is 0 Å². The van der Waals surface area contributed by atoms with Crippen molar-refractivity contribution in [1.82, 2.24) is 20.2 Å². The highest BCUT2D eigenvalue weighted by Crippen LogP contribution is 2.26. The number of nitrogens with zero attached hydrogens (tertiary/aromatic N) is 4. The second-order valence-corrected chi connectivity index (χ2v) is 8.80. The van der Waals surface area contributed by atoms with Crippen LogP contribution in [0.3, 0.4) is 0 Å². The standard InChI is InChI=1S/C21H30B2N6O/c22-21(23)8-13-28(14-15-29(21)17-6-11-25-12-7-17)19-3-1-2-18(27-19)20(30)26-16-4-9-24-10-5-16/h1-5,9-10,17,25H,6-8,11-15,22-23H2,(H,24,26,30). The third kappa shape index (κ3) is 4.84. The third-order valence-electron chi connectivity index (χ3n) is 6.36. The number of anilines is 2. The van der Waals surface area contributed by atoms with E-state index >= 15 is 0 Å². The molecular formula is C21H30B2N6O. The summed E-state index contributed by atoms with van der Waals surface area (Å²) in [5.74, 6) is 0.676. The van der Waals surface area contributed by atoms with E-state index in [2.05, 4.69) is 46.1 Å². The van der Waals surface area contributed by atoms with Crippen LogP contribution in [0.1, 0.15) is 29.8 Å². The molecule has 156 valence electrons. The lowest BCUT2D eigenvalue weighted by Crippen LogP contribution is -2.57. The van der Waals surface area contributed by atoms with E-state index in [9.17, 15) is 4.79 Å². The molecule has 2 aliphatic rings. The maximum absolute atomic E-state index is 12.7. The molecule has 0 unspecified atom stereocenters. The number of carbonyl (C=O) groups is 1. The molecule has 0 radical (unpaired) electrons. The Hall–Kier alpha value is -2.38. The van der Waals surface area contributed by atoms with Gasteiger partial charge in [0.05, 0.1) is 0 Å². The number of amides is 1. The minimum absolute atomic E-state index is 0.160. The molecular weight excluding hydrogens is 374 g/mol. The van der Waals surface area contributed by atoms with Crippen molar-refractivity contribution in [1.29, 1.82) is 0 Å². The lowest BCUT2D eigenvalue weighted by atomic mass is 9.58. The van der Waals surface area contributed by atoms with Gasteiger partial charge in [0, 0.05) is 43.8 Å². The number of hydrogen-bond donors (Lipinski definition) is 2. The van der Waals surface area contributed by atoms with Crippen LogP contribution in [0.2, 0.25) is 0 Å². The van der Waals surface area contributed by atoms with Crippen LogP contribution >= 0.6 is 0 Å². The van der Waals surface area contributed by atoms with E-state index < -0.39 is 0 Å². The normalized spacial score (nSPS) is 20.5.